The fraction of sp³-hybridized carbons (Fsp3) is 0.261. The lowest BCUT2D eigenvalue weighted by atomic mass is 10.0. The predicted molar refractivity (Wildman–Crippen MR) is 117 cm³/mol. The van der Waals surface area contributed by atoms with Gasteiger partial charge in [0.15, 0.2) is 12.6 Å². The summed E-state index contributed by atoms with van der Waals surface area (Å²) in [6.45, 7) is 2.39. The van der Waals surface area contributed by atoms with E-state index in [-0.39, 0.29) is 18.0 Å². The number of likely N-dealkylation sites (tertiary alicyclic amines) is 1. The Hall–Kier alpha value is -4.28. The van der Waals surface area contributed by atoms with Gasteiger partial charge in [0.1, 0.15) is 18.1 Å². The molecule has 2 aromatic carbocycles. The summed E-state index contributed by atoms with van der Waals surface area (Å²) in [7, 11) is 0. The molecule has 0 aliphatic carbocycles. The van der Waals surface area contributed by atoms with E-state index in [0.717, 1.165) is 0 Å². The number of β-lactam (4-membered cyclic amide) rings is 1. The Morgan fingerprint density at radius 2 is 1.76 bits per heavy atom. The summed E-state index contributed by atoms with van der Waals surface area (Å²) in [6, 6.07) is 12.4. The van der Waals surface area contributed by atoms with Crippen LogP contribution in [0, 0.1) is 10.1 Å². The quantitative estimate of drug-likeness (QED) is 0.149. The van der Waals surface area contributed by atoms with Gasteiger partial charge in [-0.3, -0.25) is 24.6 Å². The molecule has 1 fully saturated rings. The second-order valence-electron chi connectivity index (χ2n) is 7.58. The maximum Gasteiger partial charge on any atom is 0.355 e. The van der Waals surface area contributed by atoms with Crippen molar-refractivity contribution in [2.24, 2.45) is 0 Å². The average Bonchev–Trinajstić information content (AvgIpc) is 2.83. The smallest absolute Gasteiger partial charge is 0.355 e. The number of nitrogens with zero attached hydrogens (tertiary/aromatic N) is 2. The molecule has 0 bridgehead atoms. The number of carbonyl (C=O) groups excluding carboxylic acids is 3. The number of hydrogen-bond donors (Lipinski definition) is 1. The second kappa shape index (κ2) is 10.6. The number of allylic oxidation sites excluding steroid dienone is 1. The molecule has 2 amide bonds. The molecule has 34 heavy (non-hydrogen) atoms. The number of rotatable bonds is 9. The molecule has 0 spiro atoms. The van der Waals surface area contributed by atoms with Gasteiger partial charge in [0, 0.05) is 12.1 Å². The van der Waals surface area contributed by atoms with Crippen LogP contribution in [-0.2, 0) is 25.7 Å². The molecule has 1 heterocycles. The van der Waals surface area contributed by atoms with Crippen molar-refractivity contribution in [2.45, 2.75) is 32.8 Å². The zero-order valence-corrected chi connectivity index (χ0v) is 18.4. The Morgan fingerprint density at radius 3 is 2.32 bits per heavy atom. The average molecular weight is 471 g/mol. The lowest BCUT2D eigenvalue weighted by Gasteiger charge is -2.42. The van der Waals surface area contributed by atoms with Gasteiger partial charge in [-0.25, -0.2) is 9.18 Å². The number of nitrogens with one attached hydrogen (secondary N) is 1. The van der Waals surface area contributed by atoms with Gasteiger partial charge in [0.05, 0.1) is 4.92 Å². The first kappa shape index (κ1) is 24.4. The first-order valence-corrected chi connectivity index (χ1v) is 10.2. The van der Waals surface area contributed by atoms with Gasteiger partial charge in [-0.05, 0) is 49.2 Å². The highest BCUT2D eigenvalue weighted by atomic mass is 19.1. The lowest BCUT2D eigenvalue weighted by molar-refractivity contribution is -0.384. The zero-order chi connectivity index (χ0) is 24.8. The Bertz CT molecular complexity index is 1120. The van der Waals surface area contributed by atoms with Crippen LogP contribution in [0.3, 0.4) is 0 Å². The van der Waals surface area contributed by atoms with Gasteiger partial charge in [-0.15, -0.1) is 0 Å². The molecule has 10 nitrogen and oxygen atoms in total. The number of ether oxygens (including phenoxy) is 2. The molecule has 0 saturated carbocycles. The van der Waals surface area contributed by atoms with E-state index in [4.69, 9.17) is 9.47 Å². The highest BCUT2D eigenvalue weighted by molar-refractivity contribution is 6.01. The van der Waals surface area contributed by atoms with Crippen molar-refractivity contribution < 1.29 is 33.2 Å². The minimum Gasteiger partial charge on any atom is -0.484 e. The number of nitro benzene ring substituents is 1. The molecule has 1 N–H and O–H groups in total. The summed E-state index contributed by atoms with van der Waals surface area (Å²) in [4.78, 5) is 48.0. The van der Waals surface area contributed by atoms with Crippen LogP contribution in [-0.4, -0.2) is 46.6 Å². The number of esters is 1. The molecule has 0 aromatic heterocycles. The third kappa shape index (κ3) is 5.55. The molecular formula is C23H22FN3O7. The van der Waals surface area contributed by atoms with Crippen LogP contribution in [0.25, 0.3) is 0 Å². The maximum atomic E-state index is 14.8. The van der Waals surface area contributed by atoms with Crippen LogP contribution in [0.1, 0.15) is 19.4 Å². The van der Waals surface area contributed by atoms with E-state index in [1.165, 1.54) is 38.1 Å². The van der Waals surface area contributed by atoms with E-state index in [2.05, 4.69) is 5.32 Å². The van der Waals surface area contributed by atoms with Gasteiger partial charge in [0.2, 0.25) is 6.30 Å². The summed E-state index contributed by atoms with van der Waals surface area (Å²) in [5, 5.41) is 13.0. The molecule has 2 atom stereocenters. The van der Waals surface area contributed by atoms with E-state index < -0.39 is 41.7 Å². The Labute approximate surface area is 194 Å². The normalized spacial score (nSPS) is 16.8. The number of halogens is 1. The minimum atomic E-state index is -1.97. The number of hydrogen-bond acceptors (Lipinski definition) is 7. The summed E-state index contributed by atoms with van der Waals surface area (Å²) in [6.07, 6.45) is -1.97. The van der Waals surface area contributed by atoms with Crippen molar-refractivity contribution in [2.75, 3.05) is 6.61 Å². The summed E-state index contributed by atoms with van der Waals surface area (Å²) >= 11 is 0. The van der Waals surface area contributed by atoms with Crippen molar-refractivity contribution >= 4 is 23.5 Å². The molecule has 1 saturated heterocycles. The number of amides is 2. The highest BCUT2D eigenvalue weighted by Gasteiger charge is 2.52. The highest BCUT2D eigenvalue weighted by Crippen LogP contribution is 2.29. The minimum absolute atomic E-state index is 0.117. The van der Waals surface area contributed by atoms with Gasteiger partial charge in [-0.1, -0.05) is 18.2 Å². The molecule has 178 valence electrons. The second-order valence-corrected chi connectivity index (χ2v) is 7.58. The van der Waals surface area contributed by atoms with E-state index in [1.807, 2.05) is 0 Å². The predicted octanol–water partition coefficient (Wildman–Crippen LogP) is 2.63. The first-order valence-electron chi connectivity index (χ1n) is 10.2. The molecule has 1 aliphatic rings. The monoisotopic (exact) mass is 471 g/mol. The topological polar surface area (TPSA) is 128 Å². The maximum absolute atomic E-state index is 14.8. The van der Waals surface area contributed by atoms with E-state index in [9.17, 15) is 28.9 Å². The van der Waals surface area contributed by atoms with Crippen LogP contribution < -0.4 is 10.1 Å². The molecule has 11 heteroatoms. The molecule has 2 aromatic rings. The Kier molecular flexibility index (Phi) is 7.57. The zero-order valence-electron chi connectivity index (χ0n) is 18.4. The van der Waals surface area contributed by atoms with Gasteiger partial charge in [0.25, 0.3) is 17.5 Å². The molecule has 3 rings (SSSR count). The lowest BCUT2D eigenvalue weighted by Crippen LogP contribution is -2.69. The summed E-state index contributed by atoms with van der Waals surface area (Å²) < 4.78 is 25.3. The van der Waals surface area contributed by atoms with Gasteiger partial charge in [-0.2, -0.15) is 0 Å². The third-order valence-electron chi connectivity index (χ3n) is 4.88. The Morgan fingerprint density at radius 1 is 1.12 bits per heavy atom. The van der Waals surface area contributed by atoms with Crippen LogP contribution in [0.2, 0.25) is 0 Å². The van der Waals surface area contributed by atoms with Crippen molar-refractivity contribution in [1.29, 1.82) is 0 Å². The number of non-ortho nitro benzene ring substituents is 1. The largest absolute Gasteiger partial charge is 0.484 e. The number of para-hydroxylation sites is 1. The molecule has 0 radical (unpaired) electrons. The van der Waals surface area contributed by atoms with Crippen LogP contribution >= 0.6 is 0 Å². The standard InChI is InChI=1S/C23H22FN3O7/c1-14(2)20(23(30)34-12-15-8-10-16(11-9-15)27(31)32)26-21(24)19(22(26)29)25-18(28)13-33-17-6-4-3-5-7-17/h3-11,19,21H,12-13H2,1-2H3,(H,25,28). The number of carbonyl (C=O) groups is 3. The molecule has 2 unspecified atom stereocenters. The van der Waals surface area contributed by atoms with Crippen LogP contribution in [0.4, 0.5) is 10.1 Å². The van der Waals surface area contributed by atoms with Gasteiger partial charge >= 0.3 is 5.97 Å². The van der Waals surface area contributed by atoms with Crippen molar-refractivity contribution in [3.63, 3.8) is 0 Å². The fourth-order valence-electron chi connectivity index (χ4n) is 3.18. The number of benzene rings is 2. The SMILES string of the molecule is CC(C)=C(C(=O)OCc1ccc([N+](=O)[O-])cc1)N1C(=O)C(NC(=O)COc2ccccc2)C1F. The molecule has 1 aliphatic heterocycles. The van der Waals surface area contributed by atoms with E-state index in [0.29, 0.717) is 21.8 Å². The van der Waals surface area contributed by atoms with Gasteiger partial charge < -0.3 is 14.8 Å². The fourth-order valence-corrected chi connectivity index (χ4v) is 3.18. The summed E-state index contributed by atoms with van der Waals surface area (Å²) in [5.74, 6) is -1.99. The molecular weight excluding hydrogens is 449 g/mol. The number of alkyl halides is 1. The van der Waals surface area contributed by atoms with E-state index >= 15 is 0 Å². The van der Waals surface area contributed by atoms with Crippen LogP contribution in [0.15, 0.2) is 65.9 Å². The Balaban J connectivity index is 1.57. The number of nitro groups is 1. The summed E-state index contributed by atoms with van der Waals surface area (Å²) in [5.41, 5.74) is 0.420. The van der Waals surface area contributed by atoms with Crippen molar-refractivity contribution in [1.82, 2.24) is 10.2 Å². The third-order valence-corrected chi connectivity index (χ3v) is 4.88. The van der Waals surface area contributed by atoms with E-state index in [1.54, 1.807) is 30.3 Å². The van der Waals surface area contributed by atoms with Crippen molar-refractivity contribution in [3.8, 4) is 5.75 Å². The van der Waals surface area contributed by atoms with Crippen molar-refractivity contribution in [3.05, 3.63) is 81.5 Å². The first-order chi connectivity index (χ1) is 16.2. The van der Waals surface area contributed by atoms with Crippen LogP contribution in [0.5, 0.6) is 5.75 Å².